The van der Waals surface area contributed by atoms with E-state index in [0.29, 0.717) is 19.6 Å². The zero-order valence-electron chi connectivity index (χ0n) is 10.8. The summed E-state index contributed by atoms with van der Waals surface area (Å²) in [7, 11) is 1.50. The Balaban J connectivity index is 2.43. The molecule has 0 aliphatic heterocycles. The van der Waals surface area contributed by atoms with Crippen molar-refractivity contribution in [2.45, 2.75) is 38.1 Å². The summed E-state index contributed by atoms with van der Waals surface area (Å²) in [6, 6.07) is -0.882. The molecule has 1 rings (SSSR count). The molecular formula is C12H22N2O4. The van der Waals surface area contributed by atoms with Crippen molar-refractivity contribution in [3.05, 3.63) is 0 Å². The van der Waals surface area contributed by atoms with Crippen molar-refractivity contribution in [1.82, 2.24) is 5.32 Å². The molecule has 4 N–H and O–H groups in total. The molecule has 0 aromatic carbocycles. The predicted octanol–water partition coefficient (Wildman–Crippen LogP) is 0.111. The van der Waals surface area contributed by atoms with E-state index < -0.39 is 12.0 Å². The Morgan fingerprint density at radius 2 is 2.17 bits per heavy atom. The van der Waals surface area contributed by atoms with Crippen molar-refractivity contribution in [2.24, 2.45) is 11.1 Å². The maximum absolute atomic E-state index is 11.8. The summed E-state index contributed by atoms with van der Waals surface area (Å²) in [5.74, 6) is -1.26. The van der Waals surface area contributed by atoms with Crippen LogP contribution in [0.3, 0.4) is 0 Å². The van der Waals surface area contributed by atoms with Crippen molar-refractivity contribution < 1.29 is 19.4 Å². The van der Waals surface area contributed by atoms with Crippen LogP contribution in [0.1, 0.15) is 32.1 Å². The molecule has 1 aliphatic carbocycles. The first kappa shape index (κ1) is 14.9. The van der Waals surface area contributed by atoms with Gasteiger partial charge in [-0.2, -0.15) is 0 Å². The molecule has 0 aromatic rings. The highest BCUT2D eigenvalue weighted by atomic mass is 16.5. The van der Waals surface area contributed by atoms with Gasteiger partial charge in [0.2, 0.25) is 5.91 Å². The van der Waals surface area contributed by atoms with Crippen LogP contribution in [0.15, 0.2) is 0 Å². The van der Waals surface area contributed by atoms with Crippen molar-refractivity contribution in [3.63, 3.8) is 0 Å². The molecule has 1 atom stereocenters. The largest absolute Gasteiger partial charge is 0.480 e. The molecule has 18 heavy (non-hydrogen) atoms. The maximum atomic E-state index is 11.8. The number of carbonyl (C=O) groups excluding carboxylic acids is 1. The summed E-state index contributed by atoms with van der Waals surface area (Å²) < 4.78 is 4.82. The van der Waals surface area contributed by atoms with Crippen LogP contribution in [0.25, 0.3) is 0 Å². The third-order valence-corrected chi connectivity index (χ3v) is 3.63. The summed E-state index contributed by atoms with van der Waals surface area (Å²) in [5.41, 5.74) is 5.57. The molecule has 0 radical (unpaired) electrons. The first-order valence-corrected chi connectivity index (χ1v) is 6.24. The van der Waals surface area contributed by atoms with Gasteiger partial charge in [-0.05, 0) is 24.8 Å². The number of hydrogen-bond acceptors (Lipinski definition) is 4. The zero-order chi connectivity index (χ0) is 13.6. The number of carboxylic acid groups (broad SMARTS) is 1. The quantitative estimate of drug-likeness (QED) is 0.573. The maximum Gasteiger partial charge on any atom is 0.326 e. The number of nitrogens with one attached hydrogen (secondary N) is 1. The minimum Gasteiger partial charge on any atom is -0.480 e. The van der Waals surface area contributed by atoms with Crippen molar-refractivity contribution in [3.8, 4) is 0 Å². The van der Waals surface area contributed by atoms with Gasteiger partial charge in [0, 0.05) is 26.6 Å². The fourth-order valence-electron chi connectivity index (χ4n) is 2.21. The van der Waals surface area contributed by atoms with Crippen LogP contribution >= 0.6 is 0 Å². The number of aliphatic carboxylic acids is 1. The molecule has 1 saturated carbocycles. The Morgan fingerprint density at radius 1 is 1.50 bits per heavy atom. The lowest BCUT2D eigenvalue weighted by Crippen LogP contribution is -2.46. The zero-order valence-corrected chi connectivity index (χ0v) is 10.8. The lowest BCUT2D eigenvalue weighted by Gasteiger charge is -2.40. The summed E-state index contributed by atoms with van der Waals surface area (Å²) in [6.07, 6.45) is 3.59. The van der Waals surface area contributed by atoms with Crippen LogP contribution in [0.5, 0.6) is 0 Å². The standard InChI is InChI=1S/C12H22N2O4/c1-18-6-3-9(11(16)17)14-10(15)7-12(8-13)4-2-5-12/h9H,2-8,13H2,1H3,(H,14,15)(H,16,17). The smallest absolute Gasteiger partial charge is 0.326 e. The number of carboxylic acids is 1. The minimum atomic E-state index is -1.03. The Labute approximate surface area is 107 Å². The average Bonchev–Trinajstić information content (AvgIpc) is 2.28. The van der Waals surface area contributed by atoms with E-state index in [-0.39, 0.29) is 17.7 Å². The monoisotopic (exact) mass is 258 g/mol. The van der Waals surface area contributed by atoms with Crippen LogP contribution in [0, 0.1) is 5.41 Å². The Bertz CT molecular complexity index is 297. The third-order valence-electron chi connectivity index (χ3n) is 3.63. The van der Waals surface area contributed by atoms with Crippen molar-refractivity contribution in [1.29, 1.82) is 0 Å². The molecule has 1 amide bonds. The predicted molar refractivity (Wildman–Crippen MR) is 66.0 cm³/mol. The van der Waals surface area contributed by atoms with E-state index in [1.54, 1.807) is 0 Å². The summed E-state index contributed by atoms with van der Waals surface area (Å²) in [4.78, 5) is 22.8. The molecule has 0 saturated heterocycles. The highest BCUT2D eigenvalue weighted by Crippen LogP contribution is 2.42. The molecule has 1 unspecified atom stereocenters. The van der Waals surface area contributed by atoms with Gasteiger partial charge in [-0.3, -0.25) is 4.79 Å². The second-order valence-corrected chi connectivity index (χ2v) is 4.97. The van der Waals surface area contributed by atoms with E-state index in [4.69, 9.17) is 15.6 Å². The number of nitrogens with two attached hydrogens (primary N) is 1. The molecule has 0 bridgehead atoms. The van der Waals surface area contributed by atoms with E-state index in [1.807, 2.05) is 0 Å². The van der Waals surface area contributed by atoms with E-state index >= 15 is 0 Å². The van der Waals surface area contributed by atoms with Crippen molar-refractivity contribution >= 4 is 11.9 Å². The van der Waals surface area contributed by atoms with E-state index in [1.165, 1.54) is 7.11 Å². The Kier molecular flexibility index (Phi) is 5.55. The fourth-order valence-corrected chi connectivity index (χ4v) is 2.21. The Hall–Kier alpha value is -1.14. The van der Waals surface area contributed by atoms with Crippen molar-refractivity contribution in [2.75, 3.05) is 20.3 Å². The number of rotatable bonds is 8. The molecule has 0 spiro atoms. The van der Waals surface area contributed by atoms with E-state index in [2.05, 4.69) is 5.32 Å². The van der Waals surface area contributed by atoms with Gasteiger partial charge in [0.05, 0.1) is 0 Å². The van der Waals surface area contributed by atoms with E-state index in [0.717, 1.165) is 19.3 Å². The highest BCUT2D eigenvalue weighted by molar-refractivity contribution is 5.83. The highest BCUT2D eigenvalue weighted by Gasteiger charge is 2.38. The first-order chi connectivity index (χ1) is 8.53. The summed E-state index contributed by atoms with van der Waals surface area (Å²) in [5, 5.41) is 11.5. The summed E-state index contributed by atoms with van der Waals surface area (Å²) >= 11 is 0. The lowest BCUT2D eigenvalue weighted by atomic mass is 9.66. The van der Waals surface area contributed by atoms with Gasteiger partial charge in [0.25, 0.3) is 0 Å². The minimum absolute atomic E-state index is 0.103. The third kappa shape index (κ3) is 3.96. The molecule has 0 aromatic heterocycles. The van der Waals surface area contributed by atoms with Crippen LogP contribution in [-0.4, -0.2) is 43.3 Å². The molecular weight excluding hydrogens is 236 g/mol. The molecule has 0 heterocycles. The van der Waals surface area contributed by atoms with Gasteiger partial charge in [-0.25, -0.2) is 4.79 Å². The number of hydrogen-bond donors (Lipinski definition) is 3. The van der Waals surface area contributed by atoms with Gasteiger partial charge in [0.15, 0.2) is 0 Å². The lowest BCUT2D eigenvalue weighted by molar-refractivity contribution is -0.143. The number of ether oxygens (including phenoxy) is 1. The number of amides is 1. The van der Waals surface area contributed by atoms with Gasteiger partial charge in [-0.15, -0.1) is 0 Å². The normalized spacial score (nSPS) is 18.8. The molecule has 6 heteroatoms. The molecule has 6 nitrogen and oxygen atoms in total. The second kappa shape index (κ2) is 6.70. The molecule has 104 valence electrons. The van der Waals surface area contributed by atoms with Gasteiger partial charge < -0.3 is 20.9 Å². The van der Waals surface area contributed by atoms with Gasteiger partial charge in [-0.1, -0.05) is 6.42 Å². The SMILES string of the molecule is COCCC(NC(=O)CC1(CN)CCC1)C(=O)O. The summed E-state index contributed by atoms with van der Waals surface area (Å²) in [6.45, 7) is 0.787. The van der Waals surface area contributed by atoms with Gasteiger partial charge in [0.1, 0.15) is 6.04 Å². The second-order valence-electron chi connectivity index (χ2n) is 4.97. The van der Waals surface area contributed by atoms with Gasteiger partial charge >= 0.3 is 5.97 Å². The van der Waals surface area contributed by atoms with Crippen LogP contribution in [0.2, 0.25) is 0 Å². The first-order valence-electron chi connectivity index (χ1n) is 6.24. The average molecular weight is 258 g/mol. The number of carbonyl (C=O) groups is 2. The van der Waals surface area contributed by atoms with E-state index in [9.17, 15) is 9.59 Å². The van der Waals surface area contributed by atoms with Crippen LogP contribution < -0.4 is 11.1 Å². The molecule has 1 fully saturated rings. The fraction of sp³-hybridized carbons (Fsp3) is 0.833. The molecule has 1 aliphatic rings. The topological polar surface area (TPSA) is 102 Å². The van der Waals surface area contributed by atoms with Crippen LogP contribution in [-0.2, 0) is 14.3 Å². The number of methoxy groups -OCH3 is 1. The van der Waals surface area contributed by atoms with Crippen LogP contribution in [0.4, 0.5) is 0 Å². The Morgan fingerprint density at radius 3 is 2.56 bits per heavy atom.